The molecule has 12 heteroatoms. The molecule has 0 aliphatic carbocycles. The second-order valence-corrected chi connectivity index (χ2v) is 7.78. The molecule has 3 aromatic rings. The summed E-state index contributed by atoms with van der Waals surface area (Å²) in [4.78, 5) is 28.4. The van der Waals surface area contributed by atoms with Crippen molar-refractivity contribution in [1.29, 1.82) is 0 Å². The first kappa shape index (κ1) is 22.1. The number of nitrogens with zero attached hydrogens (tertiary/aromatic N) is 1. The summed E-state index contributed by atoms with van der Waals surface area (Å²) in [6.07, 6.45) is -4.44. The van der Waals surface area contributed by atoms with Crippen molar-refractivity contribution in [2.75, 3.05) is 18.5 Å². The largest absolute Gasteiger partial charge is 0.484 e. The van der Waals surface area contributed by atoms with Crippen LogP contribution in [0.1, 0.15) is 10.4 Å². The minimum Gasteiger partial charge on any atom is -0.484 e. The van der Waals surface area contributed by atoms with Crippen LogP contribution in [0.2, 0.25) is 10.0 Å². The highest BCUT2D eigenvalue weighted by Gasteiger charge is 2.28. The smallest absolute Gasteiger partial charge is 0.422 e. The van der Waals surface area contributed by atoms with Crippen LogP contribution in [-0.2, 0) is 4.79 Å². The molecule has 0 bridgehead atoms. The van der Waals surface area contributed by atoms with Gasteiger partial charge in [0.05, 0.1) is 27.3 Å². The van der Waals surface area contributed by atoms with E-state index in [4.69, 9.17) is 27.9 Å². The number of amides is 2. The zero-order valence-electron chi connectivity index (χ0n) is 14.8. The van der Waals surface area contributed by atoms with E-state index >= 15 is 0 Å². The Balaban J connectivity index is 1.58. The first-order chi connectivity index (χ1) is 14.1. The lowest BCUT2D eigenvalue weighted by Crippen LogP contribution is -2.32. The number of hydrogen-bond acceptors (Lipinski definition) is 5. The van der Waals surface area contributed by atoms with Gasteiger partial charge in [-0.15, -0.1) is 0 Å². The Bertz CT molecular complexity index is 1110. The lowest BCUT2D eigenvalue weighted by atomic mass is 10.2. The number of rotatable bonds is 6. The Labute approximate surface area is 181 Å². The molecule has 0 spiro atoms. The van der Waals surface area contributed by atoms with Crippen molar-refractivity contribution >= 4 is 61.7 Å². The first-order valence-corrected chi connectivity index (χ1v) is 9.81. The molecule has 30 heavy (non-hydrogen) atoms. The van der Waals surface area contributed by atoms with Crippen molar-refractivity contribution in [3.8, 4) is 5.75 Å². The van der Waals surface area contributed by atoms with Crippen molar-refractivity contribution < 1.29 is 27.5 Å². The van der Waals surface area contributed by atoms with Gasteiger partial charge in [-0.2, -0.15) is 13.2 Å². The zero-order valence-corrected chi connectivity index (χ0v) is 17.2. The van der Waals surface area contributed by atoms with Gasteiger partial charge in [0.2, 0.25) is 5.91 Å². The summed E-state index contributed by atoms with van der Waals surface area (Å²) in [5.41, 5.74) is 0.645. The average molecular weight is 478 g/mol. The second kappa shape index (κ2) is 9.07. The standard InChI is InChI=1S/C18H12Cl2F3N3O3S/c19-9-1-3-11(12(20)5-9)16(28)24-7-15(27)26-17-25-13-4-2-10(6-14(13)30-17)29-8-18(21,22)23/h1-6H,7-8H2,(H,24,28)(H,25,26,27). The molecule has 6 nitrogen and oxygen atoms in total. The number of carbonyl (C=O) groups excluding carboxylic acids is 2. The van der Waals surface area contributed by atoms with Crippen LogP contribution in [0.15, 0.2) is 36.4 Å². The molecule has 0 unspecified atom stereocenters. The molecule has 2 N–H and O–H groups in total. The van der Waals surface area contributed by atoms with Crippen LogP contribution >= 0.6 is 34.5 Å². The molecule has 0 radical (unpaired) electrons. The van der Waals surface area contributed by atoms with Crippen molar-refractivity contribution in [3.63, 3.8) is 0 Å². The lowest BCUT2D eigenvalue weighted by molar-refractivity contribution is -0.153. The highest BCUT2D eigenvalue weighted by atomic mass is 35.5. The van der Waals surface area contributed by atoms with E-state index < -0.39 is 24.6 Å². The van der Waals surface area contributed by atoms with Crippen LogP contribution in [-0.4, -0.2) is 36.1 Å². The van der Waals surface area contributed by atoms with Gasteiger partial charge >= 0.3 is 6.18 Å². The van der Waals surface area contributed by atoms with Gasteiger partial charge in [-0.05, 0) is 36.4 Å². The van der Waals surface area contributed by atoms with Crippen LogP contribution < -0.4 is 15.4 Å². The monoisotopic (exact) mass is 477 g/mol. The number of aromatic nitrogens is 1. The van der Waals surface area contributed by atoms with Crippen molar-refractivity contribution in [2.45, 2.75) is 6.18 Å². The fraction of sp³-hybridized carbons (Fsp3) is 0.167. The molecular formula is C18H12Cl2F3N3O3S. The maximum atomic E-state index is 12.3. The maximum absolute atomic E-state index is 12.3. The molecule has 2 aromatic carbocycles. The third-order valence-corrected chi connectivity index (χ3v) is 5.08. The topological polar surface area (TPSA) is 80.3 Å². The molecule has 1 aromatic heterocycles. The quantitative estimate of drug-likeness (QED) is 0.528. The van der Waals surface area contributed by atoms with E-state index in [1.54, 1.807) is 0 Å². The number of anilines is 1. The first-order valence-electron chi connectivity index (χ1n) is 8.24. The highest BCUT2D eigenvalue weighted by Crippen LogP contribution is 2.30. The summed E-state index contributed by atoms with van der Waals surface area (Å²) in [7, 11) is 0. The summed E-state index contributed by atoms with van der Waals surface area (Å²) in [5, 5.41) is 5.69. The number of hydrogen-bond donors (Lipinski definition) is 2. The van der Waals surface area contributed by atoms with E-state index in [0.717, 1.165) is 11.3 Å². The molecule has 3 rings (SSSR count). The van der Waals surface area contributed by atoms with Gasteiger partial charge in [0, 0.05) is 5.02 Å². The Hall–Kier alpha value is -2.56. The SMILES string of the molecule is O=C(CNC(=O)c1ccc(Cl)cc1Cl)Nc1nc2ccc(OCC(F)(F)F)cc2s1. The minimum absolute atomic E-state index is 0.0356. The number of benzene rings is 2. The second-order valence-electron chi connectivity index (χ2n) is 5.91. The highest BCUT2D eigenvalue weighted by molar-refractivity contribution is 7.22. The minimum atomic E-state index is -4.44. The van der Waals surface area contributed by atoms with Gasteiger partial charge in [0.25, 0.3) is 5.91 Å². The molecule has 0 fully saturated rings. The van der Waals surface area contributed by atoms with E-state index in [9.17, 15) is 22.8 Å². The number of halogens is 5. The number of carbonyl (C=O) groups is 2. The van der Waals surface area contributed by atoms with Crippen molar-refractivity contribution in [3.05, 3.63) is 52.0 Å². The van der Waals surface area contributed by atoms with Gasteiger partial charge in [0.15, 0.2) is 11.7 Å². The van der Waals surface area contributed by atoms with E-state index in [2.05, 4.69) is 15.6 Å². The predicted octanol–water partition coefficient (Wildman–Crippen LogP) is 4.91. The predicted molar refractivity (Wildman–Crippen MR) is 109 cm³/mol. The van der Waals surface area contributed by atoms with Gasteiger partial charge in [-0.25, -0.2) is 4.98 Å². The molecule has 158 valence electrons. The summed E-state index contributed by atoms with van der Waals surface area (Å²) < 4.78 is 42.0. The molecule has 0 atom stereocenters. The normalized spacial score (nSPS) is 11.4. The third-order valence-electron chi connectivity index (χ3n) is 3.59. The summed E-state index contributed by atoms with van der Waals surface area (Å²) >= 11 is 12.8. The average Bonchev–Trinajstić information content (AvgIpc) is 3.05. The Morgan fingerprint density at radius 2 is 1.90 bits per heavy atom. The molecular weight excluding hydrogens is 466 g/mol. The van der Waals surface area contributed by atoms with Gasteiger partial charge in [-0.1, -0.05) is 34.5 Å². The third kappa shape index (κ3) is 5.97. The molecule has 0 saturated heterocycles. The Morgan fingerprint density at radius 1 is 1.13 bits per heavy atom. The Kier molecular flexibility index (Phi) is 6.69. The number of ether oxygens (including phenoxy) is 1. The lowest BCUT2D eigenvalue weighted by Gasteiger charge is -2.08. The summed E-state index contributed by atoms with van der Waals surface area (Å²) in [5.74, 6) is -1.06. The van der Waals surface area contributed by atoms with Crippen LogP contribution in [0.3, 0.4) is 0 Å². The molecule has 1 heterocycles. The zero-order chi connectivity index (χ0) is 21.9. The van der Waals surface area contributed by atoms with Gasteiger partial charge in [0.1, 0.15) is 5.75 Å². The molecule has 0 aliphatic rings. The number of nitrogens with one attached hydrogen (secondary N) is 2. The molecule has 2 amide bonds. The van der Waals surface area contributed by atoms with Gasteiger partial charge < -0.3 is 15.4 Å². The van der Waals surface area contributed by atoms with Crippen molar-refractivity contribution in [1.82, 2.24) is 10.3 Å². The fourth-order valence-corrected chi connectivity index (χ4v) is 3.71. The van der Waals surface area contributed by atoms with Crippen LogP contribution in [0.5, 0.6) is 5.75 Å². The number of fused-ring (bicyclic) bond motifs is 1. The molecule has 0 aliphatic heterocycles. The Morgan fingerprint density at radius 3 is 2.60 bits per heavy atom. The maximum Gasteiger partial charge on any atom is 0.422 e. The van der Waals surface area contributed by atoms with E-state index in [0.29, 0.717) is 15.2 Å². The van der Waals surface area contributed by atoms with Crippen molar-refractivity contribution in [2.24, 2.45) is 0 Å². The van der Waals surface area contributed by atoms with E-state index in [1.165, 1.54) is 36.4 Å². The summed E-state index contributed by atoms with van der Waals surface area (Å²) in [6.45, 7) is -1.74. The van der Waals surface area contributed by atoms with E-state index in [-0.39, 0.29) is 28.0 Å². The summed E-state index contributed by atoms with van der Waals surface area (Å²) in [6, 6.07) is 8.58. The fourth-order valence-electron chi connectivity index (χ4n) is 2.31. The van der Waals surface area contributed by atoms with Crippen LogP contribution in [0.4, 0.5) is 18.3 Å². The number of alkyl halides is 3. The van der Waals surface area contributed by atoms with E-state index in [1.807, 2.05) is 0 Å². The van der Waals surface area contributed by atoms with Gasteiger partial charge in [-0.3, -0.25) is 9.59 Å². The van der Waals surface area contributed by atoms with Crippen LogP contribution in [0, 0.1) is 0 Å². The molecule has 0 saturated carbocycles. The number of thiazole rings is 1. The van der Waals surface area contributed by atoms with Crippen LogP contribution in [0.25, 0.3) is 10.2 Å².